The highest BCUT2D eigenvalue weighted by molar-refractivity contribution is 7.11. The lowest BCUT2D eigenvalue weighted by atomic mass is 9.82. The van der Waals surface area contributed by atoms with Crippen molar-refractivity contribution in [2.24, 2.45) is 11.1 Å². The number of nitrogens with two attached hydrogens (primary N) is 1. The number of anilines is 1. The van der Waals surface area contributed by atoms with Gasteiger partial charge in [0.25, 0.3) is 0 Å². The van der Waals surface area contributed by atoms with Gasteiger partial charge in [0, 0.05) is 11.9 Å². The van der Waals surface area contributed by atoms with Crippen LogP contribution in [-0.4, -0.2) is 17.5 Å². The maximum Gasteiger partial charge on any atom is 0.117 e. The molecular formula is C14H21N3S. The fourth-order valence-electron chi connectivity index (χ4n) is 2.15. The van der Waals surface area contributed by atoms with Crippen LogP contribution in [0.5, 0.6) is 0 Å². The van der Waals surface area contributed by atoms with Gasteiger partial charge in [-0.05, 0) is 48.5 Å². The average molecular weight is 263 g/mol. The van der Waals surface area contributed by atoms with E-state index in [0.29, 0.717) is 0 Å². The fraction of sp³-hybridized carbons (Fsp3) is 0.500. The highest BCUT2D eigenvalue weighted by atomic mass is 32.1. The monoisotopic (exact) mass is 263 g/mol. The van der Waals surface area contributed by atoms with Crippen molar-refractivity contribution < 1.29 is 0 Å². The second-order valence-electron chi connectivity index (χ2n) is 4.79. The molecule has 18 heavy (non-hydrogen) atoms. The van der Waals surface area contributed by atoms with Crippen LogP contribution in [0.4, 0.5) is 5.00 Å². The lowest BCUT2D eigenvalue weighted by Gasteiger charge is -2.30. The van der Waals surface area contributed by atoms with E-state index >= 15 is 0 Å². The van der Waals surface area contributed by atoms with Crippen LogP contribution in [0.1, 0.15) is 26.7 Å². The van der Waals surface area contributed by atoms with Gasteiger partial charge in [0.2, 0.25) is 0 Å². The van der Waals surface area contributed by atoms with E-state index in [4.69, 9.17) is 5.73 Å². The Morgan fingerprint density at radius 2 is 2.00 bits per heavy atom. The molecule has 3 N–H and O–H groups in total. The standard InChI is InChI=1S/C14H21N3S/c1-3-14(4-2,9-15)10-16-13-11-7-5-6-8-12(11)17-18-13/h5-8,16H,3-4,9-10,15H2,1-2H3. The van der Waals surface area contributed by atoms with Crippen molar-refractivity contribution in [3.63, 3.8) is 0 Å². The molecule has 0 unspecified atom stereocenters. The summed E-state index contributed by atoms with van der Waals surface area (Å²) in [4.78, 5) is 0. The lowest BCUT2D eigenvalue weighted by Crippen LogP contribution is -2.36. The third-order valence-corrected chi connectivity index (χ3v) is 4.78. The number of nitrogens with zero attached hydrogens (tertiary/aromatic N) is 1. The van der Waals surface area contributed by atoms with E-state index in [2.05, 4.69) is 35.7 Å². The molecule has 0 aliphatic heterocycles. The molecule has 2 rings (SSSR count). The van der Waals surface area contributed by atoms with Crippen LogP contribution in [0.25, 0.3) is 10.9 Å². The van der Waals surface area contributed by atoms with E-state index in [9.17, 15) is 0 Å². The quantitative estimate of drug-likeness (QED) is 0.839. The number of rotatable bonds is 6. The van der Waals surface area contributed by atoms with Crippen LogP contribution in [0.2, 0.25) is 0 Å². The highest BCUT2D eigenvalue weighted by Crippen LogP contribution is 2.30. The molecule has 0 bridgehead atoms. The van der Waals surface area contributed by atoms with Gasteiger partial charge >= 0.3 is 0 Å². The summed E-state index contributed by atoms with van der Waals surface area (Å²) in [6.45, 7) is 6.07. The molecule has 0 amide bonds. The van der Waals surface area contributed by atoms with Crippen molar-refractivity contribution in [3.05, 3.63) is 24.3 Å². The Kier molecular flexibility index (Phi) is 4.19. The minimum Gasteiger partial charge on any atom is -0.375 e. The summed E-state index contributed by atoms with van der Waals surface area (Å²) in [7, 11) is 0. The number of benzene rings is 1. The molecule has 0 radical (unpaired) electrons. The predicted octanol–water partition coefficient (Wildman–Crippen LogP) is 3.47. The van der Waals surface area contributed by atoms with E-state index in [1.165, 1.54) is 16.9 Å². The van der Waals surface area contributed by atoms with E-state index in [1.807, 2.05) is 12.1 Å². The average Bonchev–Trinajstić information content (AvgIpc) is 2.85. The molecular weight excluding hydrogens is 242 g/mol. The Bertz CT molecular complexity index is 494. The summed E-state index contributed by atoms with van der Waals surface area (Å²) in [6.07, 6.45) is 2.20. The van der Waals surface area contributed by atoms with Crippen LogP contribution in [0.15, 0.2) is 24.3 Å². The first kappa shape index (κ1) is 13.3. The molecule has 1 heterocycles. The van der Waals surface area contributed by atoms with Gasteiger partial charge in [-0.25, -0.2) is 0 Å². The molecule has 1 aromatic heterocycles. The number of fused-ring (bicyclic) bond motifs is 1. The zero-order valence-corrected chi connectivity index (χ0v) is 11.9. The molecule has 1 aromatic carbocycles. The Hall–Kier alpha value is -1.13. The molecule has 0 spiro atoms. The first-order valence-electron chi connectivity index (χ1n) is 6.53. The number of hydrogen-bond donors (Lipinski definition) is 2. The van der Waals surface area contributed by atoms with Crippen LogP contribution < -0.4 is 11.1 Å². The van der Waals surface area contributed by atoms with Crippen molar-refractivity contribution in [1.29, 1.82) is 0 Å². The minimum absolute atomic E-state index is 0.199. The summed E-state index contributed by atoms with van der Waals surface area (Å²) in [5.74, 6) is 0. The van der Waals surface area contributed by atoms with Gasteiger partial charge in [-0.15, -0.1) is 0 Å². The number of aromatic nitrogens is 1. The molecule has 0 fully saturated rings. The Labute approximate surface area is 113 Å². The Balaban J connectivity index is 2.14. The van der Waals surface area contributed by atoms with E-state index in [-0.39, 0.29) is 5.41 Å². The van der Waals surface area contributed by atoms with Gasteiger partial charge in [-0.2, -0.15) is 4.37 Å². The van der Waals surface area contributed by atoms with Gasteiger partial charge in [-0.1, -0.05) is 26.0 Å². The van der Waals surface area contributed by atoms with Crippen LogP contribution >= 0.6 is 11.5 Å². The van der Waals surface area contributed by atoms with Crippen LogP contribution in [0, 0.1) is 5.41 Å². The van der Waals surface area contributed by atoms with Gasteiger partial charge in [0.1, 0.15) is 5.00 Å². The lowest BCUT2D eigenvalue weighted by molar-refractivity contribution is 0.295. The second-order valence-corrected chi connectivity index (χ2v) is 5.57. The fourth-order valence-corrected chi connectivity index (χ4v) is 2.90. The summed E-state index contributed by atoms with van der Waals surface area (Å²) in [5, 5.41) is 5.90. The first-order valence-corrected chi connectivity index (χ1v) is 7.30. The maximum absolute atomic E-state index is 5.93. The molecule has 3 nitrogen and oxygen atoms in total. The van der Waals surface area contributed by atoms with Gasteiger partial charge in [0.05, 0.1) is 5.52 Å². The van der Waals surface area contributed by atoms with E-state index in [1.54, 1.807) is 0 Å². The minimum atomic E-state index is 0.199. The van der Waals surface area contributed by atoms with Crippen molar-refractivity contribution in [3.8, 4) is 0 Å². The summed E-state index contributed by atoms with van der Waals surface area (Å²) >= 11 is 1.53. The van der Waals surface area contributed by atoms with Crippen molar-refractivity contribution in [1.82, 2.24) is 4.37 Å². The molecule has 4 heteroatoms. The van der Waals surface area contributed by atoms with Gasteiger partial charge in [0.15, 0.2) is 0 Å². The van der Waals surface area contributed by atoms with E-state index < -0.39 is 0 Å². The van der Waals surface area contributed by atoms with Gasteiger partial charge < -0.3 is 11.1 Å². The second kappa shape index (κ2) is 5.67. The summed E-state index contributed by atoms with van der Waals surface area (Å²) < 4.78 is 4.44. The smallest absolute Gasteiger partial charge is 0.117 e. The molecule has 2 aromatic rings. The topological polar surface area (TPSA) is 50.9 Å². The largest absolute Gasteiger partial charge is 0.375 e. The Morgan fingerprint density at radius 3 is 2.67 bits per heavy atom. The highest BCUT2D eigenvalue weighted by Gasteiger charge is 2.24. The molecule has 98 valence electrons. The third-order valence-electron chi connectivity index (χ3n) is 3.94. The molecule has 0 aliphatic rings. The van der Waals surface area contributed by atoms with Crippen LogP contribution in [-0.2, 0) is 0 Å². The number of hydrogen-bond acceptors (Lipinski definition) is 4. The SMILES string of the molecule is CCC(CC)(CN)CNc1snc2ccccc12. The molecule has 0 saturated carbocycles. The molecule has 0 atom stereocenters. The molecule has 0 saturated heterocycles. The third kappa shape index (κ3) is 2.49. The van der Waals surface area contributed by atoms with Crippen molar-refractivity contribution in [2.45, 2.75) is 26.7 Å². The van der Waals surface area contributed by atoms with Crippen LogP contribution in [0.3, 0.4) is 0 Å². The van der Waals surface area contributed by atoms with E-state index in [0.717, 1.165) is 36.4 Å². The predicted molar refractivity (Wildman–Crippen MR) is 80.2 cm³/mol. The zero-order valence-electron chi connectivity index (χ0n) is 11.1. The Morgan fingerprint density at radius 1 is 1.28 bits per heavy atom. The first-order chi connectivity index (χ1) is 8.74. The normalized spacial score (nSPS) is 11.9. The van der Waals surface area contributed by atoms with Crippen molar-refractivity contribution >= 4 is 27.4 Å². The molecule has 0 aliphatic carbocycles. The summed E-state index contributed by atoms with van der Waals surface area (Å²) in [6, 6.07) is 8.24. The van der Waals surface area contributed by atoms with Gasteiger partial charge in [-0.3, -0.25) is 0 Å². The number of nitrogens with one attached hydrogen (secondary N) is 1. The van der Waals surface area contributed by atoms with Crippen molar-refractivity contribution in [2.75, 3.05) is 18.4 Å². The summed E-state index contributed by atoms with van der Waals surface area (Å²) in [5.41, 5.74) is 7.19. The maximum atomic E-state index is 5.93. The zero-order chi connectivity index (χ0) is 13.0.